The number of benzene rings is 1. The molecule has 1 atom stereocenters. The summed E-state index contributed by atoms with van der Waals surface area (Å²) in [6.45, 7) is 0.343. The van der Waals surface area contributed by atoms with Crippen molar-refractivity contribution < 1.29 is 18.0 Å². The number of nitrogens with zero attached hydrogens (tertiary/aromatic N) is 3. The monoisotopic (exact) mass is 337 g/mol. The second-order valence-electron chi connectivity index (χ2n) is 5.05. The zero-order chi connectivity index (χ0) is 17.7. The van der Waals surface area contributed by atoms with E-state index in [4.69, 9.17) is 5.26 Å². The van der Waals surface area contributed by atoms with Gasteiger partial charge in [0.15, 0.2) is 0 Å². The Kier molecular flexibility index (Phi) is 5.08. The highest BCUT2D eigenvalue weighted by Gasteiger charge is 2.28. The fraction of sp³-hybridized carbons (Fsp3) is 0.267. The van der Waals surface area contributed by atoms with Crippen LogP contribution in [-0.2, 0) is 11.3 Å². The molecule has 0 saturated heterocycles. The van der Waals surface area contributed by atoms with Crippen molar-refractivity contribution in [1.29, 1.82) is 5.26 Å². The number of hydrogen-bond donors (Lipinski definition) is 2. The molecule has 9 heteroatoms. The topological polar surface area (TPSA) is 82.7 Å². The molecule has 1 heterocycles. The molecule has 0 bridgehead atoms. The van der Waals surface area contributed by atoms with Gasteiger partial charge in [-0.15, -0.1) is 0 Å². The van der Waals surface area contributed by atoms with Gasteiger partial charge in [-0.3, -0.25) is 9.48 Å². The molecule has 0 radical (unpaired) electrons. The van der Waals surface area contributed by atoms with E-state index in [0.717, 1.165) is 4.68 Å². The molecule has 1 amide bonds. The highest BCUT2D eigenvalue weighted by Crippen LogP contribution is 2.19. The average Bonchev–Trinajstić information content (AvgIpc) is 2.92. The van der Waals surface area contributed by atoms with Gasteiger partial charge in [-0.2, -0.15) is 23.5 Å². The molecule has 0 aliphatic carbocycles. The Balaban J connectivity index is 1.98. The highest BCUT2D eigenvalue weighted by atomic mass is 19.4. The van der Waals surface area contributed by atoms with E-state index in [1.807, 2.05) is 6.07 Å². The predicted octanol–water partition coefficient (Wildman–Crippen LogP) is 2.76. The minimum Gasteiger partial charge on any atom is -0.371 e. The summed E-state index contributed by atoms with van der Waals surface area (Å²) in [5.74, 6) is -0.429. The molecular formula is C15H14F3N5O. The maximum Gasteiger partial charge on any atom is 0.408 e. The summed E-state index contributed by atoms with van der Waals surface area (Å²) >= 11 is 0. The molecule has 24 heavy (non-hydrogen) atoms. The molecule has 0 fully saturated rings. The number of hydrogen-bond acceptors (Lipinski definition) is 4. The zero-order valence-electron chi connectivity index (χ0n) is 12.6. The van der Waals surface area contributed by atoms with Crippen LogP contribution in [0.4, 0.5) is 24.5 Å². The molecule has 6 nitrogen and oxygen atoms in total. The Bertz CT molecular complexity index is 763. The lowest BCUT2D eigenvalue weighted by atomic mass is 10.2. The third kappa shape index (κ3) is 4.74. The van der Waals surface area contributed by atoms with Crippen LogP contribution >= 0.6 is 0 Å². The van der Waals surface area contributed by atoms with E-state index in [0.29, 0.717) is 11.3 Å². The standard InChI is InChI=1S/C15H14F3N5O/c1-10(14(24)22-13-5-3-2-4-11(13)6-19)21-12-7-20-23(8-12)9-15(16,17)18/h2-5,7-8,10,21H,9H2,1H3,(H,22,24)/t10-/m0/s1. The second kappa shape index (κ2) is 7.04. The number of rotatable bonds is 5. The van der Waals surface area contributed by atoms with Gasteiger partial charge in [0.25, 0.3) is 0 Å². The van der Waals surface area contributed by atoms with Gasteiger partial charge in [0.1, 0.15) is 18.7 Å². The molecule has 0 aliphatic rings. The smallest absolute Gasteiger partial charge is 0.371 e. The number of amides is 1. The van der Waals surface area contributed by atoms with Crippen LogP contribution in [-0.4, -0.2) is 27.9 Å². The first-order valence-electron chi connectivity index (χ1n) is 6.94. The molecule has 1 aromatic heterocycles. The van der Waals surface area contributed by atoms with Crippen molar-refractivity contribution in [2.75, 3.05) is 10.6 Å². The number of nitrogens with one attached hydrogen (secondary N) is 2. The summed E-state index contributed by atoms with van der Waals surface area (Å²) in [4.78, 5) is 12.1. The van der Waals surface area contributed by atoms with Crippen LogP contribution in [0.5, 0.6) is 0 Å². The highest BCUT2D eigenvalue weighted by molar-refractivity contribution is 5.97. The molecule has 1 aromatic carbocycles. The van der Waals surface area contributed by atoms with Gasteiger partial charge in [0, 0.05) is 6.20 Å². The van der Waals surface area contributed by atoms with Gasteiger partial charge in [-0.05, 0) is 19.1 Å². The van der Waals surface area contributed by atoms with Crippen molar-refractivity contribution in [2.24, 2.45) is 0 Å². The van der Waals surface area contributed by atoms with Gasteiger partial charge < -0.3 is 10.6 Å². The lowest BCUT2D eigenvalue weighted by molar-refractivity contribution is -0.142. The quantitative estimate of drug-likeness (QED) is 0.879. The summed E-state index contributed by atoms with van der Waals surface area (Å²) in [5, 5.41) is 17.9. The minimum atomic E-state index is -4.37. The van der Waals surface area contributed by atoms with E-state index < -0.39 is 24.7 Å². The zero-order valence-corrected chi connectivity index (χ0v) is 12.6. The molecule has 2 rings (SSSR count). The van der Waals surface area contributed by atoms with Gasteiger partial charge in [0.05, 0.1) is 23.1 Å². The number of alkyl halides is 3. The van der Waals surface area contributed by atoms with Gasteiger partial charge in [0.2, 0.25) is 5.91 Å². The molecule has 2 N–H and O–H groups in total. The van der Waals surface area contributed by atoms with Crippen LogP contribution in [0, 0.1) is 11.3 Å². The maximum absolute atomic E-state index is 12.3. The third-order valence-electron chi connectivity index (χ3n) is 3.06. The van der Waals surface area contributed by atoms with Crippen molar-refractivity contribution >= 4 is 17.3 Å². The predicted molar refractivity (Wildman–Crippen MR) is 81.2 cm³/mol. The Hall–Kier alpha value is -3.02. The lowest BCUT2D eigenvalue weighted by Crippen LogP contribution is -2.32. The molecular weight excluding hydrogens is 323 g/mol. The molecule has 0 spiro atoms. The summed E-state index contributed by atoms with van der Waals surface area (Å²) < 4.78 is 37.6. The van der Waals surface area contributed by atoms with Crippen molar-refractivity contribution in [3.8, 4) is 6.07 Å². The number of carbonyl (C=O) groups is 1. The fourth-order valence-corrected chi connectivity index (χ4v) is 1.95. The van der Waals surface area contributed by atoms with Crippen molar-refractivity contribution in [2.45, 2.75) is 25.7 Å². The van der Waals surface area contributed by atoms with E-state index in [-0.39, 0.29) is 5.69 Å². The fourth-order valence-electron chi connectivity index (χ4n) is 1.95. The van der Waals surface area contributed by atoms with E-state index in [2.05, 4.69) is 15.7 Å². The summed E-state index contributed by atoms with van der Waals surface area (Å²) in [7, 11) is 0. The lowest BCUT2D eigenvalue weighted by Gasteiger charge is -2.14. The summed E-state index contributed by atoms with van der Waals surface area (Å²) in [6, 6.07) is 7.72. The average molecular weight is 337 g/mol. The second-order valence-corrected chi connectivity index (χ2v) is 5.05. The first-order valence-corrected chi connectivity index (χ1v) is 6.94. The van der Waals surface area contributed by atoms with Crippen LogP contribution < -0.4 is 10.6 Å². The van der Waals surface area contributed by atoms with Gasteiger partial charge in [-0.1, -0.05) is 12.1 Å². The number of para-hydroxylation sites is 1. The molecule has 2 aromatic rings. The largest absolute Gasteiger partial charge is 0.408 e. The normalized spacial score (nSPS) is 12.3. The van der Waals surface area contributed by atoms with E-state index >= 15 is 0 Å². The number of anilines is 2. The van der Waals surface area contributed by atoms with Crippen LogP contribution in [0.3, 0.4) is 0 Å². The molecule has 0 saturated carbocycles. The van der Waals surface area contributed by atoms with Gasteiger partial charge in [-0.25, -0.2) is 0 Å². The molecule has 0 aliphatic heterocycles. The van der Waals surface area contributed by atoms with E-state index in [1.165, 1.54) is 12.4 Å². The van der Waals surface area contributed by atoms with Crippen LogP contribution in [0.1, 0.15) is 12.5 Å². The van der Waals surface area contributed by atoms with Crippen LogP contribution in [0.15, 0.2) is 36.7 Å². The Labute approximate surface area is 135 Å². The van der Waals surface area contributed by atoms with E-state index in [1.54, 1.807) is 31.2 Å². The van der Waals surface area contributed by atoms with Gasteiger partial charge >= 0.3 is 6.18 Å². The number of aromatic nitrogens is 2. The number of carbonyl (C=O) groups excluding carboxylic acids is 1. The summed E-state index contributed by atoms with van der Waals surface area (Å²) in [6.07, 6.45) is -1.99. The number of nitriles is 1. The maximum atomic E-state index is 12.3. The Morgan fingerprint density at radius 1 is 1.42 bits per heavy atom. The number of halogens is 3. The Morgan fingerprint density at radius 2 is 2.12 bits per heavy atom. The van der Waals surface area contributed by atoms with Crippen molar-refractivity contribution in [1.82, 2.24) is 9.78 Å². The third-order valence-corrected chi connectivity index (χ3v) is 3.06. The first kappa shape index (κ1) is 17.3. The SMILES string of the molecule is C[C@H](Nc1cnn(CC(F)(F)F)c1)C(=O)Nc1ccccc1C#N. The molecule has 126 valence electrons. The molecule has 0 unspecified atom stereocenters. The first-order chi connectivity index (χ1) is 11.3. The minimum absolute atomic E-state index is 0.287. The van der Waals surface area contributed by atoms with Crippen molar-refractivity contribution in [3.63, 3.8) is 0 Å². The van der Waals surface area contributed by atoms with Crippen LogP contribution in [0.25, 0.3) is 0 Å². The van der Waals surface area contributed by atoms with Crippen LogP contribution in [0.2, 0.25) is 0 Å². The Morgan fingerprint density at radius 3 is 2.79 bits per heavy atom. The summed E-state index contributed by atoms with van der Waals surface area (Å²) in [5.41, 5.74) is 0.970. The van der Waals surface area contributed by atoms with E-state index in [9.17, 15) is 18.0 Å². The van der Waals surface area contributed by atoms with Crippen molar-refractivity contribution in [3.05, 3.63) is 42.2 Å².